The average molecular weight is 254 g/mol. The van der Waals surface area contributed by atoms with Crippen molar-refractivity contribution in [2.24, 2.45) is 0 Å². The summed E-state index contributed by atoms with van der Waals surface area (Å²) in [5.74, 6) is -0.360. The Balaban J connectivity index is 2.80. The zero-order valence-electron chi connectivity index (χ0n) is 11.1. The van der Waals surface area contributed by atoms with Crippen molar-refractivity contribution in [2.45, 2.75) is 33.3 Å². The summed E-state index contributed by atoms with van der Waals surface area (Å²) in [4.78, 5) is 11.6. The van der Waals surface area contributed by atoms with Gasteiger partial charge < -0.3 is 10.1 Å². The number of ether oxygens (including phenoxy) is 1. The molecule has 1 amide bonds. The van der Waals surface area contributed by atoms with Crippen LogP contribution in [0.25, 0.3) is 0 Å². The van der Waals surface area contributed by atoms with E-state index < -0.39 is 11.7 Å². The van der Waals surface area contributed by atoms with E-state index in [-0.39, 0.29) is 5.82 Å². The summed E-state index contributed by atoms with van der Waals surface area (Å²) in [7, 11) is 0. The number of hydrogen-bond acceptors (Lipinski definition) is 3. The van der Waals surface area contributed by atoms with Gasteiger partial charge in [-0.1, -0.05) is 0 Å². The minimum Gasteiger partial charge on any atom is -0.444 e. The fourth-order valence-corrected chi connectivity index (χ4v) is 1.38. The maximum absolute atomic E-state index is 13.1. The lowest BCUT2D eigenvalue weighted by molar-refractivity contribution is 0.0636. The average Bonchev–Trinajstić information content (AvgIpc) is 2.20. The largest absolute Gasteiger partial charge is 0.444 e. The van der Waals surface area contributed by atoms with Gasteiger partial charge >= 0.3 is 6.09 Å². The van der Waals surface area contributed by atoms with Gasteiger partial charge in [-0.15, -0.1) is 0 Å². The fraction of sp³-hybridized carbons (Fsp3) is 0.462. The first-order valence-electron chi connectivity index (χ1n) is 5.85. The van der Waals surface area contributed by atoms with Gasteiger partial charge in [-0.05, 0) is 45.9 Å². The summed E-state index contributed by atoms with van der Waals surface area (Å²) in [6, 6.07) is 4.11. The number of amides is 1. The number of nitrogens with one attached hydrogen (secondary N) is 2. The zero-order valence-corrected chi connectivity index (χ0v) is 11.1. The minimum atomic E-state index is -0.567. The Morgan fingerprint density at radius 3 is 2.56 bits per heavy atom. The molecule has 0 unspecified atom stereocenters. The first-order valence-corrected chi connectivity index (χ1v) is 5.85. The van der Waals surface area contributed by atoms with Crippen molar-refractivity contribution in [3.63, 3.8) is 0 Å². The molecule has 0 aliphatic rings. The number of carbonyl (C=O) groups is 1. The lowest BCUT2D eigenvalue weighted by atomic mass is 10.2. The van der Waals surface area contributed by atoms with E-state index in [1.807, 2.05) is 6.92 Å². The highest BCUT2D eigenvalue weighted by Crippen LogP contribution is 2.23. The van der Waals surface area contributed by atoms with E-state index in [2.05, 4.69) is 10.6 Å². The number of carbonyl (C=O) groups excluding carboxylic acids is 1. The molecule has 0 aliphatic carbocycles. The van der Waals surface area contributed by atoms with E-state index in [9.17, 15) is 9.18 Å². The number of anilines is 2. The molecule has 1 aromatic carbocycles. The molecule has 0 aromatic heterocycles. The van der Waals surface area contributed by atoms with Crippen molar-refractivity contribution < 1.29 is 13.9 Å². The third kappa shape index (κ3) is 4.61. The SMILES string of the molecule is CCNc1cc(F)ccc1NC(=O)OC(C)(C)C. The first kappa shape index (κ1) is 14.3. The number of rotatable bonds is 3. The van der Waals surface area contributed by atoms with Crippen LogP contribution in [0.15, 0.2) is 18.2 Å². The molecule has 18 heavy (non-hydrogen) atoms. The smallest absolute Gasteiger partial charge is 0.412 e. The van der Waals surface area contributed by atoms with E-state index in [1.165, 1.54) is 18.2 Å². The third-order valence-corrected chi connectivity index (χ3v) is 1.98. The zero-order chi connectivity index (χ0) is 13.8. The quantitative estimate of drug-likeness (QED) is 0.866. The van der Waals surface area contributed by atoms with E-state index in [0.29, 0.717) is 17.9 Å². The second-order valence-corrected chi connectivity index (χ2v) is 4.85. The summed E-state index contributed by atoms with van der Waals surface area (Å²) in [5.41, 5.74) is 0.457. The summed E-state index contributed by atoms with van der Waals surface area (Å²) >= 11 is 0. The van der Waals surface area contributed by atoms with Crippen molar-refractivity contribution >= 4 is 17.5 Å². The minimum absolute atomic E-state index is 0.360. The summed E-state index contributed by atoms with van der Waals surface area (Å²) < 4.78 is 18.2. The predicted molar refractivity (Wildman–Crippen MR) is 70.4 cm³/mol. The molecule has 0 aliphatic heterocycles. The van der Waals surface area contributed by atoms with Gasteiger partial charge in [0.15, 0.2) is 0 Å². The molecule has 100 valence electrons. The molecule has 0 saturated heterocycles. The Hall–Kier alpha value is -1.78. The van der Waals surface area contributed by atoms with E-state index in [1.54, 1.807) is 20.8 Å². The highest BCUT2D eigenvalue weighted by molar-refractivity contribution is 5.89. The molecule has 4 nitrogen and oxygen atoms in total. The van der Waals surface area contributed by atoms with Crippen molar-refractivity contribution in [1.29, 1.82) is 0 Å². The van der Waals surface area contributed by atoms with Crippen LogP contribution in [0.1, 0.15) is 27.7 Å². The van der Waals surface area contributed by atoms with Gasteiger partial charge in [-0.2, -0.15) is 0 Å². The summed E-state index contributed by atoms with van der Waals surface area (Å²) in [6.07, 6.45) is -0.562. The van der Waals surface area contributed by atoms with Gasteiger partial charge in [-0.25, -0.2) is 9.18 Å². The Bertz CT molecular complexity index is 427. The normalized spacial score (nSPS) is 10.9. The molecule has 0 radical (unpaired) electrons. The van der Waals surface area contributed by atoms with E-state index >= 15 is 0 Å². The van der Waals surface area contributed by atoms with Crippen LogP contribution < -0.4 is 10.6 Å². The molecule has 5 heteroatoms. The van der Waals surface area contributed by atoms with Gasteiger partial charge in [0.05, 0.1) is 11.4 Å². The third-order valence-electron chi connectivity index (χ3n) is 1.98. The van der Waals surface area contributed by atoms with Gasteiger partial charge in [0.2, 0.25) is 0 Å². The second-order valence-electron chi connectivity index (χ2n) is 4.85. The van der Waals surface area contributed by atoms with E-state index in [4.69, 9.17) is 4.74 Å². The number of halogens is 1. The standard InChI is InChI=1S/C13H19FN2O2/c1-5-15-11-8-9(14)6-7-10(11)16-12(17)18-13(2,3)4/h6-8,15H,5H2,1-4H3,(H,16,17). The maximum atomic E-state index is 13.1. The maximum Gasteiger partial charge on any atom is 0.412 e. The monoisotopic (exact) mass is 254 g/mol. The number of benzene rings is 1. The van der Waals surface area contributed by atoms with Crippen LogP contribution in [-0.4, -0.2) is 18.2 Å². The second kappa shape index (κ2) is 5.71. The molecule has 0 fully saturated rings. The Morgan fingerprint density at radius 1 is 1.33 bits per heavy atom. The van der Waals surface area contributed by atoms with Crippen LogP contribution in [0.4, 0.5) is 20.6 Å². The molecule has 0 saturated carbocycles. The molecule has 0 spiro atoms. The highest BCUT2D eigenvalue weighted by atomic mass is 19.1. The molecular formula is C13H19FN2O2. The molecule has 0 bridgehead atoms. The Morgan fingerprint density at radius 2 is 2.00 bits per heavy atom. The van der Waals surface area contributed by atoms with E-state index in [0.717, 1.165) is 0 Å². The summed E-state index contributed by atoms with van der Waals surface area (Å²) in [5, 5.41) is 5.56. The van der Waals surface area contributed by atoms with Crippen LogP contribution in [-0.2, 0) is 4.74 Å². The van der Waals surface area contributed by atoms with Crippen molar-refractivity contribution in [1.82, 2.24) is 0 Å². The van der Waals surface area contributed by atoms with Crippen LogP contribution >= 0.6 is 0 Å². The van der Waals surface area contributed by atoms with Crippen LogP contribution in [0.2, 0.25) is 0 Å². The molecular weight excluding hydrogens is 235 g/mol. The molecule has 2 N–H and O–H groups in total. The van der Waals surface area contributed by atoms with Gasteiger partial charge in [0, 0.05) is 6.54 Å². The van der Waals surface area contributed by atoms with Gasteiger partial charge in [-0.3, -0.25) is 5.32 Å². The lowest BCUT2D eigenvalue weighted by Gasteiger charge is -2.20. The van der Waals surface area contributed by atoms with Gasteiger partial charge in [0.1, 0.15) is 11.4 Å². The Labute approximate surface area is 107 Å². The summed E-state index contributed by atoms with van der Waals surface area (Å²) in [6.45, 7) is 7.86. The molecule has 0 heterocycles. The topological polar surface area (TPSA) is 50.4 Å². The number of hydrogen-bond donors (Lipinski definition) is 2. The van der Waals surface area contributed by atoms with Crippen molar-refractivity contribution in [3.8, 4) is 0 Å². The molecule has 1 aromatic rings. The Kier molecular flexibility index (Phi) is 4.53. The van der Waals surface area contributed by atoms with Crippen LogP contribution in [0.3, 0.4) is 0 Å². The first-order chi connectivity index (χ1) is 8.31. The van der Waals surface area contributed by atoms with Gasteiger partial charge in [0.25, 0.3) is 0 Å². The van der Waals surface area contributed by atoms with Crippen molar-refractivity contribution in [2.75, 3.05) is 17.2 Å². The van der Waals surface area contributed by atoms with Crippen LogP contribution in [0.5, 0.6) is 0 Å². The van der Waals surface area contributed by atoms with Crippen molar-refractivity contribution in [3.05, 3.63) is 24.0 Å². The molecule has 0 atom stereocenters. The van der Waals surface area contributed by atoms with Crippen LogP contribution in [0, 0.1) is 5.82 Å². The highest BCUT2D eigenvalue weighted by Gasteiger charge is 2.17. The predicted octanol–water partition coefficient (Wildman–Crippen LogP) is 3.60. The fourth-order valence-electron chi connectivity index (χ4n) is 1.38. The lowest BCUT2D eigenvalue weighted by Crippen LogP contribution is -2.27. The molecule has 1 rings (SSSR count).